The van der Waals surface area contributed by atoms with Gasteiger partial charge in [-0.2, -0.15) is 0 Å². The van der Waals surface area contributed by atoms with E-state index in [1.165, 1.54) is 122 Å². The fourth-order valence-corrected chi connectivity index (χ4v) is 8.36. The van der Waals surface area contributed by atoms with Crippen molar-refractivity contribution in [3.63, 3.8) is 0 Å². The lowest BCUT2D eigenvalue weighted by Crippen LogP contribution is -2.18. The Morgan fingerprint density at radius 1 is 0.266 bits per heavy atom. The standard InChI is InChI=1S/C17H20.C16H18O.C16H18.C10H14.2C8H10.C2H6O/c1-12-5-7-16(9-14(12)3)11-17-8-6-13(2)15(4)10-17;1-16(2,13-7-5-4-6-8-13)14-9-11-15(17-3)12-10-14;1-11-5-7-15(9-13(11)3)16-8-6-12(2)14(4)10-16;1-7-5-9(3)10(4)6-8(7)2;2*1-7-5-3-4-6-8(7)2;1-3-2/h5-10H,11H2,1-4H3;4-12H,1-3H3;5-10H,1-4H3;5-6H,1-4H3;2*3-6H,1-2H3;1-2H3. The van der Waals surface area contributed by atoms with Crippen LogP contribution in [0.2, 0.25) is 0 Å². The Bertz CT molecular complexity index is 3010. The first-order valence-corrected chi connectivity index (χ1v) is 27.9. The van der Waals surface area contributed by atoms with Gasteiger partial charge in [0.15, 0.2) is 0 Å². The van der Waals surface area contributed by atoms with E-state index in [0.717, 1.165) is 12.2 Å². The highest BCUT2D eigenvalue weighted by atomic mass is 16.5. The van der Waals surface area contributed by atoms with Crippen LogP contribution in [0, 0.1) is 111 Å². The SMILES string of the molecule is COC.COc1ccc(C(C)(C)c2ccccc2)cc1.Cc1cc(C)c(C)cc1C.Cc1ccc(-c2ccc(C)c(C)c2)cc1C.Cc1ccc(Cc2ccc(C)c(C)c2)cc1C.Cc1ccccc1C.Cc1ccccc1C. The Labute approximate surface area is 481 Å². The van der Waals surface area contributed by atoms with Gasteiger partial charge in [-0.3, -0.25) is 0 Å². The zero-order valence-corrected chi connectivity index (χ0v) is 52.4. The van der Waals surface area contributed by atoms with E-state index >= 15 is 0 Å². The summed E-state index contributed by atoms with van der Waals surface area (Å²) in [6.07, 6.45) is 1.03. The summed E-state index contributed by atoms with van der Waals surface area (Å²) in [7, 11) is 4.94. The molecular formula is C77H96O2. The first-order chi connectivity index (χ1) is 37.4. The van der Waals surface area contributed by atoms with Gasteiger partial charge in [0.1, 0.15) is 5.75 Å². The molecule has 0 radical (unpaired) electrons. The zero-order valence-electron chi connectivity index (χ0n) is 52.4. The van der Waals surface area contributed by atoms with Gasteiger partial charge < -0.3 is 9.47 Å². The molecule has 416 valence electrons. The maximum atomic E-state index is 5.19. The van der Waals surface area contributed by atoms with Gasteiger partial charge in [-0.25, -0.2) is 0 Å². The van der Waals surface area contributed by atoms with Crippen LogP contribution in [0.5, 0.6) is 5.75 Å². The Morgan fingerprint density at radius 2 is 0.532 bits per heavy atom. The van der Waals surface area contributed by atoms with E-state index in [9.17, 15) is 0 Å². The topological polar surface area (TPSA) is 18.5 Å². The summed E-state index contributed by atoms with van der Waals surface area (Å²) in [4.78, 5) is 0. The second kappa shape index (κ2) is 33.2. The number of methoxy groups -OCH3 is 2. The molecular weight excluding hydrogens is 957 g/mol. The second-order valence-corrected chi connectivity index (χ2v) is 21.9. The molecule has 0 aliphatic carbocycles. The lowest BCUT2D eigenvalue weighted by atomic mass is 9.78. The first kappa shape index (κ1) is 66.0. The van der Waals surface area contributed by atoms with Crippen LogP contribution in [0.3, 0.4) is 0 Å². The van der Waals surface area contributed by atoms with E-state index in [4.69, 9.17) is 4.74 Å². The Balaban J connectivity index is 0.000000253. The minimum atomic E-state index is 0.0214. The highest BCUT2D eigenvalue weighted by Gasteiger charge is 2.22. The molecule has 0 aliphatic heterocycles. The number of hydrogen-bond donors (Lipinski definition) is 0. The lowest BCUT2D eigenvalue weighted by molar-refractivity contribution is 0.277. The molecule has 0 aromatic heterocycles. The van der Waals surface area contributed by atoms with Gasteiger partial charge in [-0.1, -0.05) is 190 Å². The molecule has 0 atom stereocenters. The average Bonchev–Trinajstić information content (AvgIpc) is 3.44. The fraction of sp³-hybridized carbons (Fsp3) is 0.299. The van der Waals surface area contributed by atoms with Gasteiger partial charge in [-0.15, -0.1) is 0 Å². The van der Waals surface area contributed by atoms with Crippen LogP contribution in [0.1, 0.15) is 125 Å². The minimum absolute atomic E-state index is 0.0214. The van der Waals surface area contributed by atoms with E-state index in [1.807, 2.05) is 18.2 Å². The summed E-state index contributed by atoms with van der Waals surface area (Å²) in [5, 5.41) is 0. The van der Waals surface area contributed by atoms with Gasteiger partial charge >= 0.3 is 0 Å². The molecule has 0 saturated heterocycles. The van der Waals surface area contributed by atoms with Gasteiger partial charge in [-0.05, 0) is 252 Å². The summed E-state index contributed by atoms with van der Waals surface area (Å²) < 4.78 is 9.44. The predicted octanol–water partition coefficient (Wildman–Crippen LogP) is 20.9. The summed E-state index contributed by atoms with van der Waals surface area (Å²) in [6.45, 7) is 38.9. The molecule has 0 spiro atoms. The van der Waals surface area contributed by atoms with Crippen LogP contribution in [-0.2, 0) is 16.6 Å². The largest absolute Gasteiger partial charge is 0.497 e. The maximum Gasteiger partial charge on any atom is 0.118 e. The van der Waals surface area contributed by atoms with E-state index in [1.54, 1.807) is 21.3 Å². The molecule has 79 heavy (non-hydrogen) atoms. The average molecular weight is 1050 g/mol. The molecule has 9 rings (SSSR count). The van der Waals surface area contributed by atoms with Crippen molar-refractivity contribution in [1.82, 2.24) is 0 Å². The molecule has 0 N–H and O–H groups in total. The first-order valence-electron chi connectivity index (χ1n) is 27.9. The predicted molar refractivity (Wildman–Crippen MR) is 347 cm³/mol. The summed E-state index contributed by atoms with van der Waals surface area (Å²) in [5.74, 6) is 0.901. The Kier molecular flexibility index (Phi) is 27.8. The number of benzene rings is 9. The molecule has 0 heterocycles. The monoisotopic (exact) mass is 1050 g/mol. The third-order valence-corrected chi connectivity index (χ3v) is 15.2. The van der Waals surface area contributed by atoms with Crippen molar-refractivity contribution in [2.24, 2.45) is 0 Å². The van der Waals surface area contributed by atoms with E-state index < -0.39 is 0 Å². The Hall–Kier alpha value is -7.26. The fourth-order valence-electron chi connectivity index (χ4n) is 8.36. The second-order valence-electron chi connectivity index (χ2n) is 21.9. The summed E-state index contributed by atoms with van der Waals surface area (Å²) in [5.41, 5.74) is 30.0. The van der Waals surface area contributed by atoms with Crippen molar-refractivity contribution in [2.45, 2.75) is 136 Å². The Morgan fingerprint density at radius 3 is 0.823 bits per heavy atom. The molecule has 9 aromatic carbocycles. The number of rotatable bonds is 6. The van der Waals surface area contributed by atoms with Crippen LogP contribution in [0.4, 0.5) is 0 Å². The smallest absolute Gasteiger partial charge is 0.118 e. The molecule has 0 bridgehead atoms. The van der Waals surface area contributed by atoms with Crippen molar-refractivity contribution >= 4 is 0 Å². The van der Waals surface area contributed by atoms with Gasteiger partial charge in [0, 0.05) is 19.6 Å². The highest BCUT2D eigenvalue weighted by molar-refractivity contribution is 5.66. The van der Waals surface area contributed by atoms with E-state index in [2.05, 4.69) is 299 Å². The van der Waals surface area contributed by atoms with Crippen molar-refractivity contribution in [3.8, 4) is 16.9 Å². The normalized spacial score (nSPS) is 10.2. The molecule has 0 fully saturated rings. The third-order valence-electron chi connectivity index (χ3n) is 15.2. The van der Waals surface area contributed by atoms with Gasteiger partial charge in [0.2, 0.25) is 0 Å². The highest BCUT2D eigenvalue weighted by Crippen LogP contribution is 2.32. The summed E-state index contributed by atoms with van der Waals surface area (Å²) >= 11 is 0. The number of ether oxygens (including phenoxy) is 2. The van der Waals surface area contributed by atoms with Crippen molar-refractivity contribution < 1.29 is 9.47 Å². The lowest BCUT2D eigenvalue weighted by Gasteiger charge is -2.26. The summed E-state index contributed by atoms with van der Waals surface area (Å²) in [6, 6.07) is 66.8. The quantitative estimate of drug-likeness (QED) is 0.165. The van der Waals surface area contributed by atoms with Gasteiger partial charge in [0.05, 0.1) is 7.11 Å². The molecule has 0 amide bonds. The van der Waals surface area contributed by atoms with E-state index in [-0.39, 0.29) is 5.41 Å². The van der Waals surface area contributed by atoms with Crippen molar-refractivity contribution in [2.75, 3.05) is 21.3 Å². The maximum absolute atomic E-state index is 5.19. The van der Waals surface area contributed by atoms with Crippen LogP contribution < -0.4 is 4.74 Å². The van der Waals surface area contributed by atoms with Crippen LogP contribution in [0.15, 0.2) is 188 Å². The molecule has 2 heteroatoms. The minimum Gasteiger partial charge on any atom is -0.497 e. The van der Waals surface area contributed by atoms with Crippen LogP contribution in [-0.4, -0.2) is 21.3 Å². The molecule has 2 nitrogen and oxygen atoms in total. The number of aryl methyl sites for hydroxylation is 16. The van der Waals surface area contributed by atoms with Crippen molar-refractivity contribution in [1.29, 1.82) is 0 Å². The zero-order chi connectivity index (χ0) is 58.8. The van der Waals surface area contributed by atoms with Crippen molar-refractivity contribution in [3.05, 3.63) is 299 Å². The van der Waals surface area contributed by atoms with Crippen LogP contribution in [0.25, 0.3) is 11.1 Å². The number of hydrogen-bond acceptors (Lipinski definition) is 2. The third kappa shape index (κ3) is 22.2. The molecule has 9 aromatic rings. The molecule has 0 unspecified atom stereocenters. The van der Waals surface area contributed by atoms with Gasteiger partial charge in [0.25, 0.3) is 0 Å². The van der Waals surface area contributed by atoms with Crippen LogP contribution >= 0.6 is 0 Å². The van der Waals surface area contributed by atoms with E-state index in [0.29, 0.717) is 0 Å². The molecule has 0 saturated carbocycles. The molecule has 0 aliphatic rings.